The lowest BCUT2D eigenvalue weighted by molar-refractivity contribution is 0.582. The molecule has 3 heteroatoms. The number of nitrogens with one attached hydrogen (secondary N) is 1. The smallest absolute Gasteiger partial charge is 0.115 e. The summed E-state index contributed by atoms with van der Waals surface area (Å²) in [7, 11) is 0. The molecule has 0 aliphatic carbocycles. The summed E-state index contributed by atoms with van der Waals surface area (Å²) in [6.07, 6.45) is 3.33. The van der Waals surface area contributed by atoms with Gasteiger partial charge < -0.3 is 5.32 Å². The Balaban J connectivity index is 2.61. The van der Waals surface area contributed by atoms with Crippen molar-refractivity contribution >= 4 is 0 Å². The molecule has 0 saturated carbocycles. The second kappa shape index (κ2) is 4.03. The summed E-state index contributed by atoms with van der Waals surface area (Å²) in [6, 6.07) is 2.25. The molecule has 1 N–H and O–H groups in total. The highest BCUT2D eigenvalue weighted by molar-refractivity contribution is 5.02. The van der Waals surface area contributed by atoms with E-state index in [9.17, 15) is 0 Å². The fraction of sp³-hybridized carbons (Fsp3) is 0.500. The molecular formula is C8H13N3. The summed E-state index contributed by atoms with van der Waals surface area (Å²) >= 11 is 0. The van der Waals surface area contributed by atoms with Gasteiger partial charge in [-0.3, -0.25) is 0 Å². The summed E-state index contributed by atoms with van der Waals surface area (Å²) in [5, 5.41) is 3.27. The minimum Gasteiger partial charge on any atom is -0.309 e. The van der Waals surface area contributed by atoms with E-state index in [1.54, 1.807) is 12.5 Å². The zero-order valence-electron chi connectivity index (χ0n) is 6.91. The molecule has 3 nitrogen and oxygen atoms in total. The Morgan fingerprint density at radius 2 is 2.45 bits per heavy atom. The first kappa shape index (κ1) is 8.14. The molecular weight excluding hydrogens is 138 g/mol. The van der Waals surface area contributed by atoms with E-state index in [1.165, 1.54) is 0 Å². The van der Waals surface area contributed by atoms with Crippen molar-refractivity contribution in [1.29, 1.82) is 0 Å². The van der Waals surface area contributed by atoms with Gasteiger partial charge in [-0.25, -0.2) is 9.97 Å². The van der Waals surface area contributed by atoms with E-state index < -0.39 is 0 Å². The highest BCUT2D eigenvalue weighted by Crippen LogP contribution is 2.05. The number of hydrogen-bond acceptors (Lipinski definition) is 3. The lowest BCUT2D eigenvalue weighted by Crippen LogP contribution is -2.18. The van der Waals surface area contributed by atoms with Gasteiger partial charge in [0, 0.05) is 12.2 Å². The minimum atomic E-state index is 0.322. The molecule has 1 unspecified atom stereocenters. The van der Waals surface area contributed by atoms with Crippen molar-refractivity contribution in [3.05, 3.63) is 24.3 Å². The van der Waals surface area contributed by atoms with Crippen LogP contribution in [0, 0.1) is 0 Å². The molecule has 1 rings (SSSR count). The van der Waals surface area contributed by atoms with E-state index in [4.69, 9.17) is 0 Å². The third-order valence-electron chi connectivity index (χ3n) is 1.56. The second-order valence-electron chi connectivity index (χ2n) is 2.41. The summed E-state index contributed by atoms with van der Waals surface area (Å²) < 4.78 is 0. The van der Waals surface area contributed by atoms with Crippen molar-refractivity contribution in [3.63, 3.8) is 0 Å². The Hall–Kier alpha value is -0.960. The summed E-state index contributed by atoms with van der Waals surface area (Å²) in [4.78, 5) is 7.97. The molecule has 0 saturated heterocycles. The standard InChI is InChI=1S/C8H13N3/c1-3-10-7(2)8-4-5-9-6-11-8/h4-7,10H,3H2,1-2H3. The quantitative estimate of drug-likeness (QED) is 0.704. The number of hydrogen-bond donors (Lipinski definition) is 1. The van der Waals surface area contributed by atoms with Gasteiger partial charge in [0.15, 0.2) is 0 Å². The molecule has 1 aromatic heterocycles. The van der Waals surface area contributed by atoms with Gasteiger partial charge in [0.2, 0.25) is 0 Å². The van der Waals surface area contributed by atoms with Gasteiger partial charge in [-0.1, -0.05) is 6.92 Å². The van der Waals surface area contributed by atoms with Crippen molar-refractivity contribution in [1.82, 2.24) is 15.3 Å². The molecule has 0 bridgehead atoms. The SMILES string of the molecule is CCNC(C)c1ccncn1. The van der Waals surface area contributed by atoms with E-state index in [0.29, 0.717) is 6.04 Å². The van der Waals surface area contributed by atoms with Crippen molar-refractivity contribution in [2.75, 3.05) is 6.54 Å². The Kier molecular flexibility index (Phi) is 2.98. The second-order valence-corrected chi connectivity index (χ2v) is 2.41. The average molecular weight is 151 g/mol. The number of aromatic nitrogens is 2. The van der Waals surface area contributed by atoms with Gasteiger partial charge in [-0.2, -0.15) is 0 Å². The third kappa shape index (κ3) is 2.27. The van der Waals surface area contributed by atoms with Gasteiger partial charge in [-0.15, -0.1) is 0 Å². The first-order valence-corrected chi connectivity index (χ1v) is 3.84. The molecule has 0 aliphatic rings. The van der Waals surface area contributed by atoms with Gasteiger partial charge in [0.1, 0.15) is 6.33 Å². The van der Waals surface area contributed by atoms with Crippen LogP contribution in [0.4, 0.5) is 0 Å². The van der Waals surface area contributed by atoms with Crippen molar-refractivity contribution in [2.24, 2.45) is 0 Å². The normalized spacial score (nSPS) is 12.9. The zero-order chi connectivity index (χ0) is 8.10. The predicted molar refractivity (Wildman–Crippen MR) is 44.1 cm³/mol. The minimum absolute atomic E-state index is 0.322. The van der Waals surface area contributed by atoms with Crippen LogP contribution >= 0.6 is 0 Å². The van der Waals surface area contributed by atoms with Crippen LogP contribution in [0.1, 0.15) is 25.6 Å². The molecule has 60 valence electrons. The van der Waals surface area contributed by atoms with Crippen LogP contribution in [0.25, 0.3) is 0 Å². The molecule has 0 fully saturated rings. The Morgan fingerprint density at radius 3 is 3.00 bits per heavy atom. The first-order valence-electron chi connectivity index (χ1n) is 3.84. The van der Waals surface area contributed by atoms with Crippen LogP contribution in [-0.2, 0) is 0 Å². The first-order chi connectivity index (χ1) is 5.34. The van der Waals surface area contributed by atoms with Crippen molar-refractivity contribution in [3.8, 4) is 0 Å². The molecule has 0 spiro atoms. The van der Waals surface area contributed by atoms with E-state index in [0.717, 1.165) is 12.2 Å². The largest absolute Gasteiger partial charge is 0.309 e. The predicted octanol–water partition coefficient (Wildman–Crippen LogP) is 1.15. The zero-order valence-corrected chi connectivity index (χ0v) is 6.91. The van der Waals surface area contributed by atoms with Gasteiger partial charge in [0.25, 0.3) is 0 Å². The molecule has 1 aromatic rings. The average Bonchev–Trinajstić information content (AvgIpc) is 2.07. The molecule has 0 radical (unpaired) electrons. The fourth-order valence-corrected chi connectivity index (χ4v) is 0.968. The molecule has 0 aromatic carbocycles. The molecule has 0 amide bonds. The van der Waals surface area contributed by atoms with Crippen LogP contribution in [-0.4, -0.2) is 16.5 Å². The molecule has 1 heterocycles. The molecule has 11 heavy (non-hydrogen) atoms. The fourth-order valence-electron chi connectivity index (χ4n) is 0.968. The summed E-state index contributed by atoms with van der Waals surface area (Å²) in [5.41, 5.74) is 1.04. The van der Waals surface area contributed by atoms with E-state index in [-0.39, 0.29) is 0 Å². The molecule has 1 atom stereocenters. The topological polar surface area (TPSA) is 37.8 Å². The maximum absolute atomic E-state index is 4.12. The molecule has 0 aliphatic heterocycles. The van der Waals surface area contributed by atoms with Crippen LogP contribution in [0.2, 0.25) is 0 Å². The Bertz CT molecular complexity index is 198. The number of rotatable bonds is 3. The lowest BCUT2D eigenvalue weighted by Gasteiger charge is -2.09. The third-order valence-corrected chi connectivity index (χ3v) is 1.56. The monoisotopic (exact) mass is 151 g/mol. The van der Waals surface area contributed by atoms with Crippen LogP contribution in [0.3, 0.4) is 0 Å². The highest BCUT2D eigenvalue weighted by atomic mass is 14.9. The Morgan fingerprint density at radius 1 is 1.64 bits per heavy atom. The van der Waals surface area contributed by atoms with Crippen LogP contribution < -0.4 is 5.32 Å². The van der Waals surface area contributed by atoms with Gasteiger partial charge in [0.05, 0.1) is 5.69 Å². The maximum Gasteiger partial charge on any atom is 0.115 e. The van der Waals surface area contributed by atoms with Crippen molar-refractivity contribution in [2.45, 2.75) is 19.9 Å². The maximum atomic E-state index is 4.12. The van der Waals surface area contributed by atoms with Crippen molar-refractivity contribution < 1.29 is 0 Å². The van der Waals surface area contributed by atoms with Gasteiger partial charge >= 0.3 is 0 Å². The summed E-state index contributed by atoms with van der Waals surface area (Å²) in [6.45, 7) is 5.13. The van der Waals surface area contributed by atoms with Crippen LogP contribution in [0.5, 0.6) is 0 Å². The van der Waals surface area contributed by atoms with E-state index in [1.807, 2.05) is 6.07 Å². The highest BCUT2D eigenvalue weighted by Gasteiger charge is 2.02. The van der Waals surface area contributed by atoms with Crippen LogP contribution in [0.15, 0.2) is 18.6 Å². The lowest BCUT2D eigenvalue weighted by atomic mass is 10.2. The Labute approximate surface area is 66.9 Å². The van der Waals surface area contributed by atoms with E-state index >= 15 is 0 Å². The van der Waals surface area contributed by atoms with E-state index in [2.05, 4.69) is 29.1 Å². The van der Waals surface area contributed by atoms with Gasteiger partial charge in [-0.05, 0) is 19.5 Å². The number of nitrogens with zero attached hydrogens (tertiary/aromatic N) is 2. The summed E-state index contributed by atoms with van der Waals surface area (Å²) in [5.74, 6) is 0.